The van der Waals surface area contributed by atoms with Gasteiger partial charge < -0.3 is 10.5 Å². The summed E-state index contributed by atoms with van der Waals surface area (Å²) in [5, 5.41) is 18.5. The van der Waals surface area contributed by atoms with Crippen molar-refractivity contribution in [1.29, 1.82) is 5.41 Å². The van der Waals surface area contributed by atoms with Crippen LogP contribution in [0.5, 0.6) is 5.75 Å². The Bertz CT molecular complexity index is 1070. The molecule has 0 spiro atoms. The third kappa shape index (κ3) is 3.10. The normalized spacial score (nSPS) is 11.8. The molecule has 0 amide bonds. The van der Waals surface area contributed by atoms with E-state index in [0.29, 0.717) is 17.5 Å². The number of aromatic nitrogens is 1. The number of aromatic hydroxyl groups is 1. The summed E-state index contributed by atoms with van der Waals surface area (Å²) >= 11 is 0. The molecule has 1 aromatic heterocycles. The molecule has 5 nitrogen and oxygen atoms in total. The van der Waals surface area contributed by atoms with Crippen molar-refractivity contribution < 1.29 is 17.9 Å². The molecule has 3 rings (SSSR count). The summed E-state index contributed by atoms with van der Waals surface area (Å²) in [4.78, 5) is 0.0891. The molecule has 0 aliphatic heterocycles. The summed E-state index contributed by atoms with van der Waals surface area (Å²) in [7, 11) is -3.89. The zero-order valence-electron chi connectivity index (χ0n) is 14.2. The van der Waals surface area contributed by atoms with Gasteiger partial charge in [0.1, 0.15) is 0 Å². The molecule has 2 aromatic carbocycles. The van der Waals surface area contributed by atoms with Crippen LogP contribution in [0.25, 0.3) is 10.9 Å². The average Bonchev–Trinajstić information content (AvgIpc) is 3.04. The van der Waals surface area contributed by atoms with Crippen LogP contribution in [-0.2, 0) is 16.4 Å². The highest BCUT2D eigenvalue weighted by Gasteiger charge is 2.22. The van der Waals surface area contributed by atoms with Crippen LogP contribution in [-0.4, -0.2) is 23.2 Å². The lowest BCUT2D eigenvalue weighted by molar-refractivity contribution is 0.429. The highest BCUT2D eigenvalue weighted by Crippen LogP contribution is 2.33. The molecule has 0 aliphatic rings. The van der Waals surface area contributed by atoms with E-state index in [4.69, 9.17) is 5.41 Å². The Morgan fingerprint density at radius 2 is 1.92 bits per heavy atom. The number of fused-ring (bicyclic) bond motifs is 1. The van der Waals surface area contributed by atoms with Crippen molar-refractivity contribution in [3.05, 3.63) is 60.0 Å². The van der Waals surface area contributed by atoms with E-state index in [9.17, 15) is 17.9 Å². The Kier molecular flexibility index (Phi) is 4.82. The molecule has 0 aliphatic carbocycles. The van der Waals surface area contributed by atoms with Gasteiger partial charge in [-0.1, -0.05) is 31.5 Å². The smallest absolute Gasteiger partial charge is 0.268 e. The minimum atomic E-state index is -3.89. The Morgan fingerprint density at radius 3 is 2.58 bits per heavy atom. The van der Waals surface area contributed by atoms with E-state index < -0.39 is 21.6 Å². The third-order valence-electron chi connectivity index (χ3n) is 4.23. The highest BCUT2D eigenvalue weighted by molar-refractivity contribution is 7.90. The zero-order chi connectivity index (χ0) is 18.9. The first-order valence-corrected chi connectivity index (χ1v) is 9.68. The fraction of sp³-hybridized carbons (Fsp3) is 0.211. The minimum absolute atomic E-state index is 0.0727. The van der Waals surface area contributed by atoms with Gasteiger partial charge >= 0.3 is 0 Å². The first-order chi connectivity index (χ1) is 12.4. The maximum absolute atomic E-state index is 14.3. The van der Waals surface area contributed by atoms with Gasteiger partial charge in [0.15, 0.2) is 11.6 Å². The summed E-state index contributed by atoms with van der Waals surface area (Å²) in [6.45, 7) is 1.93. The first kappa shape index (κ1) is 18.1. The first-order valence-electron chi connectivity index (χ1n) is 8.24. The number of phenols is 1. The van der Waals surface area contributed by atoms with Crippen molar-refractivity contribution in [2.75, 3.05) is 0 Å². The Hall–Kier alpha value is -2.67. The molecule has 0 fully saturated rings. The van der Waals surface area contributed by atoms with E-state index in [0.717, 1.165) is 16.5 Å². The Labute approximate surface area is 151 Å². The average molecular weight is 374 g/mol. The minimum Gasteiger partial charge on any atom is -0.505 e. The number of nitrogens with zero attached hydrogens (tertiary/aromatic N) is 1. The number of nitrogens with one attached hydrogen (secondary N) is 1. The van der Waals surface area contributed by atoms with Crippen LogP contribution in [0.1, 0.15) is 25.3 Å². The molecule has 0 bridgehead atoms. The van der Waals surface area contributed by atoms with Gasteiger partial charge in [-0.3, -0.25) is 0 Å². The molecule has 136 valence electrons. The fourth-order valence-corrected chi connectivity index (χ4v) is 4.34. The predicted molar refractivity (Wildman–Crippen MR) is 98.9 cm³/mol. The van der Waals surface area contributed by atoms with Crippen LogP contribution < -0.4 is 0 Å². The van der Waals surface area contributed by atoms with E-state index in [1.165, 1.54) is 24.4 Å². The van der Waals surface area contributed by atoms with Crippen molar-refractivity contribution >= 4 is 26.6 Å². The van der Waals surface area contributed by atoms with Gasteiger partial charge in [-0.15, -0.1) is 0 Å². The van der Waals surface area contributed by atoms with Gasteiger partial charge in [-0.2, -0.15) is 0 Å². The molecular weight excluding hydrogens is 355 g/mol. The van der Waals surface area contributed by atoms with Gasteiger partial charge in [-0.25, -0.2) is 16.8 Å². The van der Waals surface area contributed by atoms with Crippen molar-refractivity contribution in [3.8, 4) is 5.75 Å². The van der Waals surface area contributed by atoms with Crippen LogP contribution in [0.3, 0.4) is 0 Å². The number of hydrogen-bond donors (Lipinski definition) is 2. The summed E-state index contributed by atoms with van der Waals surface area (Å²) in [6.07, 6.45) is 2.71. The Morgan fingerprint density at radius 1 is 1.23 bits per heavy atom. The maximum Gasteiger partial charge on any atom is 0.268 e. The maximum atomic E-state index is 14.3. The molecule has 7 heteroatoms. The molecule has 0 atom stereocenters. The highest BCUT2D eigenvalue weighted by atomic mass is 32.2. The number of halogens is 1. The van der Waals surface area contributed by atoms with Gasteiger partial charge in [0.2, 0.25) is 0 Å². The lowest BCUT2D eigenvalue weighted by Gasteiger charge is -2.11. The molecular formula is C19H19FN2O3S. The second-order valence-corrected chi connectivity index (χ2v) is 7.89. The van der Waals surface area contributed by atoms with Crippen molar-refractivity contribution in [3.63, 3.8) is 0 Å². The fourth-order valence-electron chi connectivity index (χ4n) is 2.98. The molecule has 1 heterocycles. The number of benzene rings is 2. The summed E-state index contributed by atoms with van der Waals surface area (Å²) in [5.41, 5.74) is 0.734. The van der Waals surface area contributed by atoms with Gasteiger partial charge in [-0.05, 0) is 24.6 Å². The van der Waals surface area contributed by atoms with Crippen molar-refractivity contribution in [2.24, 2.45) is 0 Å². The summed E-state index contributed by atoms with van der Waals surface area (Å²) in [5.74, 6) is -1.44. The molecule has 2 N–H and O–H groups in total. The SMILES string of the molecule is CCCC(=N)Cc1c(O)c(F)cc2c1ccn2S(=O)(=O)c1ccccc1. The number of rotatable bonds is 6. The summed E-state index contributed by atoms with van der Waals surface area (Å²) < 4.78 is 41.0. The van der Waals surface area contributed by atoms with Gasteiger partial charge in [0.25, 0.3) is 10.0 Å². The third-order valence-corrected chi connectivity index (χ3v) is 5.94. The summed E-state index contributed by atoms with van der Waals surface area (Å²) in [6, 6.07) is 10.4. The van der Waals surface area contributed by atoms with Crippen LogP contribution in [0.4, 0.5) is 4.39 Å². The number of phenolic OH excluding ortho intramolecular Hbond substituents is 1. The van der Waals surface area contributed by atoms with Crippen molar-refractivity contribution in [2.45, 2.75) is 31.1 Å². The van der Waals surface area contributed by atoms with E-state index in [1.807, 2.05) is 6.92 Å². The molecule has 26 heavy (non-hydrogen) atoms. The molecule has 3 aromatic rings. The van der Waals surface area contributed by atoms with E-state index in [-0.39, 0.29) is 22.4 Å². The van der Waals surface area contributed by atoms with Gasteiger partial charge in [0.05, 0.1) is 10.4 Å². The molecule has 0 saturated heterocycles. The van der Waals surface area contributed by atoms with Gasteiger partial charge in [0, 0.05) is 35.3 Å². The van der Waals surface area contributed by atoms with Crippen LogP contribution in [0, 0.1) is 11.2 Å². The molecule has 0 unspecified atom stereocenters. The van der Waals surface area contributed by atoms with Crippen LogP contribution in [0.15, 0.2) is 53.6 Å². The topological polar surface area (TPSA) is 83.2 Å². The second kappa shape index (κ2) is 6.92. The van der Waals surface area contributed by atoms with E-state index in [2.05, 4.69) is 0 Å². The standard InChI is InChI=1S/C19H19FN2O3S/c1-2-6-13(21)11-16-15-9-10-22(18(15)12-17(20)19(16)23)26(24,25)14-7-4-3-5-8-14/h3-5,7-10,12,21,23H,2,6,11H2,1H3. The monoisotopic (exact) mass is 374 g/mol. The van der Waals surface area contributed by atoms with Crippen LogP contribution >= 0.6 is 0 Å². The molecule has 0 radical (unpaired) electrons. The lowest BCUT2D eigenvalue weighted by Crippen LogP contribution is -2.12. The largest absolute Gasteiger partial charge is 0.505 e. The van der Waals surface area contributed by atoms with E-state index in [1.54, 1.807) is 18.2 Å². The quantitative estimate of drug-likeness (QED) is 0.638. The lowest BCUT2D eigenvalue weighted by atomic mass is 10.0. The predicted octanol–water partition coefficient (Wildman–Crippen LogP) is 4.09. The molecule has 0 saturated carbocycles. The Balaban J connectivity index is 2.19. The van der Waals surface area contributed by atoms with Crippen molar-refractivity contribution in [1.82, 2.24) is 3.97 Å². The second-order valence-electron chi connectivity index (χ2n) is 6.08. The zero-order valence-corrected chi connectivity index (χ0v) is 15.1. The van der Waals surface area contributed by atoms with Crippen LogP contribution in [0.2, 0.25) is 0 Å². The van der Waals surface area contributed by atoms with E-state index >= 15 is 0 Å². The number of hydrogen-bond acceptors (Lipinski definition) is 4.